The van der Waals surface area contributed by atoms with Gasteiger partial charge in [-0.3, -0.25) is 9.36 Å². The van der Waals surface area contributed by atoms with Gasteiger partial charge in [0.15, 0.2) is 5.82 Å². The molecule has 0 atom stereocenters. The van der Waals surface area contributed by atoms with Crippen LogP contribution in [0.3, 0.4) is 0 Å². The average molecular weight is 387 g/mol. The van der Waals surface area contributed by atoms with Crippen LogP contribution in [0, 0.1) is 0 Å². The van der Waals surface area contributed by atoms with Crippen molar-refractivity contribution in [3.05, 3.63) is 60.0 Å². The van der Waals surface area contributed by atoms with Gasteiger partial charge in [0.2, 0.25) is 0 Å². The lowest BCUT2D eigenvalue weighted by atomic mass is 10.2. The topological polar surface area (TPSA) is 158 Å². The first kappa shape index (κ1) is 18.6. The van der Waals surface area contributed by atoms with Crippen molar-refractivity contribution in [3.8, 4) is 17.3 Å². The second-order valence-electron chi connectivity index (χ2n) is 5.52. The van der Waals surface area contributed by atoms with Crippen molar-refractivity contribution in [2.75, 3.05) is 5.32 Å². The molecule has 10 nitrogen and oxygen atoms in total. The number of hydrogen-bond acceptors (Lipinski definition) is 7. The van der Waals surface area contributed by atoms with Crippen molar-refractivity contribution < 1.29 is 24.3 Å². The molecule has 2 heterocycles. The molecule has 27 heavy (non-hydrogen) atoms. The molecule has 0 aliphatic heterocycles. The number of phenolic OH excluding ortho intramolecular Hbond substituents is 1. The van der Waals surface area contributed by atoms with E-state index in [1.54, 1.807) is 12.1 Å². The van der Waals surface area contributed by atoms with E-state index < -0.39 is 19.7 Å². The van der Waals surface area contributed by atoms with Gasteiger partial charge in [-0.1, -0.05) is 6.07 Å². The molecule has 11 heteroatoms. The van der Waals surface area contributed by atoms with E-state index in [4.69, 9.17) is 9.79 Å². The maximum Gasteiger partial charge on any atom is 0.329 e. The number of phenols is 1. The zero-order valence-corrected chi connectivity index (χ0v) is 14.6. The molecule has 0 radical (unpaired) electrons. The van der Waals surface area contributed by atoms with Gasteiger partial charge in [0.1, 0.15) is 11.4 Å². The van der Waals surface area contributed by atoms with Gasteiger partial charge in [0, 0.05) is 30.3 Å². The summed E-state index contributed by atoms with van der Waals surface area (Å²) in [6, 6.07) is 7.16. The highest BCUT2D eigenvalue weighted by Crippen LogP contribution is 2.41. The van der Waals surface area contributed by atoms with Gasteiger partial charge in [-0.05, 0) is 23.8 Å². The van der Waals surface area contributed by atoms with Crippen molar-refractivity contribution in [1.29, 1.82) is 0 Å². The molecule has 1 aromatic carbocycles. The third-order valence-electron chi connectivity index (χ3n) is 3.43. The maximum atomic E-state index is 12.4. The fourth-order valence-electron chi connectivity index (χ4n) is 2.23. The largest absolute Gasteiger partial charge is 0.508 e. The minimum Gasteiger partial charge on any atom is -0.508 e. The number of nitrogens with zero attached hydrogens (tertiary/aromatic N) is 4. The van der Waals surface area contributed by atoms with E-state index in [0.717, 1.165) is 0 Å². The summed E-state index contributed by atoms with van der Waals surface area (Å²) >= 11 is 0. The number of anilines is 1. The van der Waals surface area contributed by atoms with Gasteiger partial charge in [0.05, 0.1) is 11.7 Å². The number of rotatable bonds is 5. The Morgan fingerprint density at radius 2 is 1.89 bits per heavy atom. The minimum absolute atomic E-state index is 0.0846. The zero-order chi connectivity index (χ0) is 19.4. The van der Waals surface area contributed by atoms with Crippen molar-refractivity contribution >= 4 is 19.2 Å². The third kappa shape index (κ3) is 4.91. The fourth-order valence-corrected chi connectivity index (χ4v) is 2.95. The Morgan fingerprint density at radius 3 is 2.52 bits per heavy atom. The Kier molecular flexibility index (Phi) is 5.22. The van der Waals surface area contributed by atoms with Crippen LogP contribution < -0.4 is 5.32 Å². The highest BCUT2D eigenvalue weighted by atomic mass is 31.2. The van der Waals surface area contributed by atoms with E-state index >= 15 is 0 Å². The van der Waals surface area contributed by atoms with Crippen molar-refractivity contribution in [1.82, 2.24) is 20.2 Å². The first-order valence-corrected chi connectivity index (χ1v) is 9.39. The van der Waals surface area contributed by atoms with Crippen LogP contribution in [0.5, 0.6) is 5.75 Å². The van der Waals surface area contributed by atoms with E-state index in [2.05, 4.69) is 25.5 Å². The Balaban J connectivity index is 1.81. The molecule has 0 aliphatic rings. The molecule has 1 amide bonds. The molecular weight excluding hydrogens is 373 g/mol. The minimum atomic E-state index is -4.36. The first-order valence-electron chi connectivity index (χ1n) is 7.60. The molecule has 4 N–H and O–H groups in total. The van der Waals surface area contributed by atoms with E-state index in [0.29, 0.717) is 11.5 Å². The number of amides is 1. The average Bonchev–Trinajstić information content (AvgIpc) is 2.64. The van der Waals surface area contributed by atoms with E-state index in [1.165, 1.54) is 36.8 Å². The number of carbonyl (C=O) groups is 1. The predicted molar refractivity (Wildman–Crippen MR) is 94.9 cm³/mol. The lowest BCUT2D eigenvalue weighted by Crippen LogP contribution is -2.14. The van der Waals surface area contributed by atoms with Crippen molar-refractivity contribution in [3.63, 3.8) is 0 Å². The number of hydrogen-bond donors (Lipinski definition) is 4. The number of nitrogens with one attached hydrogen (secondary N) is 1. The van der Waals surface area contributed by atoms with Crippen molar-refractivity contribution in [2.24, 2.45) is 0 Å². The summed E-state index contributed by atoms with van der Waals surface area (Å²) in [6.45, 7) is 0. The lowest BCUT2D eigenvalue weighted by Gasteiger charge is -2.12. The molecule has 0 saturated heterocycles. The fraction of sp³-hybridized carbons (Fsp3) is 0.0625. The summed E-state index contributed by atoms with van der Waals surface area (Å²) < 4.78 is 11.3. The molecule has 0 saturated carbocycles. The highest BCUT2D eigenvalue weighted by molar-refractivity contribution is 7.50. The van der Waals surface area contributed by atoms with Gasteiger partial charge in [-0.2, -0.15) is 5.10 Å². The van der Waals surface area contributed by atoms with Gasteiger partial charge < -0.3 is 20.2 Å². The Morgan fingerprint density at radius 1 is 1.15 bits per heavy atom. The Bertz CT molecular complexity index is 1010. The smallest absolute Gasteiger partial charge is 0.329 e. The molecule has 0 aliphatic carbocycles. The monoisotopic (exact) mass is 387 g/mol. The quantitative estimate of drug-likeness (QED) is 0.477. The van der Waals surface area contributed by atoms with Crippen LogP contribution in [0.1, 0.15) is 15.9 Å². The molecule has 3 rings (SSSR count). The Labute approximate surface area is 153 Å². The number of aromatic hydroxyl groups is 1. The molecule has 0 spiro atoms. The van der Waals surface area contributed by atoms with Crippen LogP contribution in [-0.2, 0) is 10.7 Å². The zero-order valence-electron chi connectivity index (χ0n) is 13.7. The van der Waals surface area contributed by atoms with Crippen LogP contribution in [-0.4, -0.2) is 41.0 Å². The Hall–Kier alpha value is -3.20. The summed E-state index contributed by atoms with van der Waals surface area (Å²) in [5, 5.41) is 19.7. The van der Waals surface area contributed by atoms with Gasteiger partial charge in [-0.25, -0.2) is 9.97 Å². The molecule has 0 unspecified atom stereocenters. The SMILES string of the molecule is O=C(Nc1cc(O)ccc1CP(=O)(O)O)c1cnc(-c2cccnn2)nc1. The number of benzene rings is 1. The maximum absolute atomic E-state index is 12.4. The van der Waals surface area contributed by atoms with E-state index in [9.17, 15) is 14.5 Å². The van der Waals surface area contributed by atoms with E-state index in [-0.39, 0.29) is 22.6 Å². The van der Waals surface area contributed by atoms with Crippen LogP contribution in [0.15, 0.2) is 48.9 Å². The summed E-state index contributed by atoms with van der Waals surface area (Å²) in [5.41, 5.74) is 0.836. The van der Waals surface area contributed by atoms with E-state index in [1.807, 2.05) is 0 Å². The third-order valence-corrected chi connectivity index (χ3v) is 4.19. The first-order chi connectivity index (χ1) is 12.8. The van der Waals surface area contributed by atoms with Crippen LogP contribution in [0.25, 0.3) is 11.5 Å². The molecule has 2 aromatic heterocycles. The van der Waals surface area contributed by atoms with Crippen LogP contribution in [0.2, 0.25) is 0 Å². The summed E-state index contributed by atoms with van der Waals surface area (Å²) in [5.74, 6) is -0.466. The van der Waals surface area contributed by atoms with Crippen LogP contribution >= 0.6 is 7.60 Å². The normalized spacial score (nSPS) is 11.2. The number of aromatic nitrogens is 4. The van der Waals surface area contributed by atoms with Crippen molar-refractivity contribution in [2.45, 2.75) is 6.16 Å². The molecule has 138 valence electrons. The van der Waals surface area contributed by atoms with Gasteiger partial charge in [0.25, 0.3) is 5.91 Å². The number of carbonyl (C=O) groups excluding carboxylic acids is 1. The summed E-state index contributed by atoms with van der Waals surface area (Å²) in [6.07, 6.45) is 3.51. The highest BCUT2D eigenvalue weighted by Gasteiger charge is 2.19. The summed E-state index contributed by atoms with van der Waals surface area (Å²) in [7, 11) is -4.36. The standard InChI is InChI=1S/C16H14N5O5P/c22-12-4-3-10(9-27(24,25)26)14(6-12)20-16(23)11-7-17-15(18-8-11)13-2-1-5-19-21-13/h1-8,22H,9H2,(H,20,23)(H2,24,25,26). The second-order valence-corrected chi connectivity index (χ2v) is 7.17. The molecule has 0 bridgehead atoms. The van der Waals surface area contributed by atoms with Crippen LogP contribution in [0.4, 0.5) is 5.69 Å². The molecular formula is C16H14N5O5P. The van der Waals surface area contributed by atoms with Gasteiger partial charge >= 0.3 is 7.60 Å². The molecule has 0 fully saturated rings. The lowest BCUT2D eigenvalue weighted by molar-refractivity contribution is 0.102. The predicted octanol–water partition coefficient (Wildman–Crippen LogP) is 1.57. The molecule has 3 aromatic rings. The summed E-state index contributed by atoms with van der Waals surface area (Å²) in [4.78, 5) is 38.8. The second kappa shape index (κ2) is 7.58. The van der Waals surface area contributed by atoms with Gasteiger partial charge in [-0.15, -0.1) is 5.10 Å².